The highest BCUT2D eigenvalue weighted by Crippen LogP contribution is 2.19. The summed E-state index contributed by atoms with van der Waals surface area (Å²) in [6.07, 6.45) is 2.96. The number of hydrogen-bond acceptors (Lipinski definition) is 4. The van der Waals surface area contributed by atoms with Crippen LogP contribution in [0.3, 0.4) is 0 Å². The molecule has 0 aliphatic heterocycles. The van der Waals surface area contributed by atoms with E-state index in [9.17, 15) is 9.59 Å². The maximum atomic E-state index is 12.2. The molecule has 2 N–H and O–H groups in total. The van der Waals surface area contributed by atoms with Crippen molar-refractivity contribution >= 4 is 11.7 Å². The van der Waals surface area contributed by atoms with Gasteiger partial charge in [-0.05, 0) is 32.1 Å². The van der Waals surface area contributed by atoms with Gasteiger partial charge in [-0.3, -0.25) is 14.6 Å². The SMILES string of the molecule is Cc1cc(NC(=O)CC(C)C)n(-c2nc3c(c(=O)[nH]2)CCC3)n1. The van der Waals surface area contributed by atoms with Crippen LogP contribution in [0.25, 0.3) is 5.95 Å². The normalized spacial score (nSPS) is 13.4. The molecule has 1 aliphatic rings. The van der Waals surface area contributed by atoms with Gasteiger partial charge in [-0.2, -0.15) is 9.78 Å². The predicted molar refractivity (Wildman–Crippen MR) is 86.8 cm³/mol. The largest absolute Gasteiger partial charge is 0.310 e. The molecule has 0 saturated carbocycles. The number of aromatic nitrogens is 4. The Balaban J connectivity index is 1.96. The van der Waals surface area contributed by atoms with Gasteiger partial charge in [0.2, 0.25) is 11.9 Å². The van der Waals surface area contributed by atoms with Crippen LogP contribution >= 0.6 is 0 Å². The van der Waals surface area contributed by atoms with Crippen LogP contribution in [0.15, 0.2) is 10.9 Å². The van der Waals surface area contributed by atoms with Gasteiger partial charge in [-0.15, -0.1) is 0 Å². The molecule has 0 atom stereocenters. The van der Waals surface area contributed by atoms with Crippen molar-refractivity contribution < 1.29 is 4.79 Å². The lowest BCUT2D eigenvalue weighted by molar-refractivity contribution is -0.116. The average molecular weight is 315 g/mol. The van der Waals surface area contributed by atoms with Gasteiger partial charge in [-0.25, -0.2) is 4.98 Å². The van der Waals surface area contributed by atoms with E-state index >= 15 is 0 Å². The number of hydrogen-bond donors (Lipinski definition) is 2. The summed E-state index contributed by atoms with van der Waals surface area (Å²) in [5, 5.41) is 7.20. The van der Waals surface area contributed by atoms with Gasteiger partial charge in [0.25, 0.3) is 5.56 Å². The van der Waals surface area contributed by atoms with Gasteiger partial charge in [0.05, 0.1) is 11.4 Å². The first-order chi connectivity index (χ1) is 10.9. The molecule has 2 aromatic heterocycles. The second-order valence-corrected chi connectivity index (χ2v) is 6.40. The van der Waals surface area contributed by atoms with Crippen molar-refractivity contribution in [3.05, 3.63) is 33.4 Å². The Morgan fingerprint density at radius 3 is 2.96 bits per heavy atom. The van der Waals surface area contributed by atoms with Crippen molar-refractivity contribution in [1.29, 1.82) is 0 Å². The maximum Gasteiger partial charge on any atom is 0.255 e. The number of H-pyrrole nitrogens is 1. The lowest BCUT2D eigenvalue weighted by Gasteiger charge is -2.10. The van der Waals surface area contributed by atoms with Crippen LogP contribution in [-0.4, -0.2) is 25.7 Å². The van der Waals surface area contributed by atoms with Crippen LogP contribution in [-0.2, 0) is 17.6 Å². The highest BCUT2D eigenvalue weighted by atomic mass is 16.1. The number of amides is 1. The van der Waals surface area contributed by atoms with Crippen LogP contribution in [0.2, 0.25) is 0 Å². The Kier molecular flexibility index (Phi) is 4.02. The first-order valence-electron chi connectivity index (χ1n) is 7.93. The number of rotatable bonds is 4. The highest BCUT2D eigenvalue weighted by Gasteiger charge is 2.20. The molecule has 0 radical (unpaired) electrons. The number of aryl methyl sites for hydroxylation is 2. The second-order valence-electron chi connectivity index (χ2n) is 6.40. The Bertz CT molecular complexity index is 803. The molecule has 0 fully saturated rings. The zero-order valence-electron chi connectivity index (χ0n) is 13.6. The fourth-order valence-corrected chi connectivity index (χ4v) is 2.84. The topological polar surface area (TPSA) is 92.7 Å². The number of anilines is 1. The minimum Gasteiger partial charge on any atom is -0.310 e. The third-order valence-electron chi connectivity index (χ3n) is 3.82. The Morgan fingerprint density at radius 1 is 1.43 bits per heavy atom. The summed E-state index contributed by atoms with van der Waals surface area (Å²) >= 11 is 0. The van der Waals surface area contributed by atoms with E-state index in [0.29, 0.717) is 18.2 Å². The standard InChI is InChI=1S/C16H21N5O2/c1-9(2)7-14(22)18-13-8-10(3)20-21(13)16-17-12-6-4-5-11(12)15(23)19-16/h8-9H,4-7H2,1-3H3,(H,18,22)(H,17,19,23). The summed E-state index contributed by atoms with van der Waals surface area (Å²) in [5.74, 6) is 1.06. The van der Waals surface area contributed by atoms with E-state index in [-0.39, 0.29) is 17.4 Å². The van der Waals surface area contributed by atoms with Gasteiger partial charge in [-0.1, -0.05) is 13.8 Å². The summed E-state index contributed by atoms with van der Waals surface area (Å²) in [5.41, 5.74) is 2.22. The van der Waals surface area contributed by atoms with E-state index in [1.54, 1.807) is 6.07 Å². The molecule has 7 heteroatoms. The number of carbonyl (C=O) groups is 1. The third kappa shape index (κ3) is 3.18. The van der Waals surface area contributed by atoms with Crippen molar-refractivity contribution in [3.8, 4) is 5.95 Å². The van der Waals surface area contributed by atoms with Gasteiger partial charge >= 0.3 is 0 Å². The molecule has 7 nitrogen and oxygen atoms in total. The highest BCUT2D eigenvalue weighted by molar-refractivity contribution is 5.90. The van der Waals surface area contributed by atoms with Crippen molar-refractivity contribution in [2.24, 2.45) is 5.92 Å². The Morgan fingerprint density at radius 2 is 2.22 bits per heavy atom. The first kappa shape index (κ1) is 15.5. The molecule has 23 heavy (non-hydrogen) atoms. The molecule has 2 aromatic rings. The molecule has 1 amide bonds. The number of aromatic amines is 1. The monoisotopic (exact) mass is 315 g/mol. The molecule has 2 heterocycles. The Labute approximate surface area is 134 Å². The lowest BCUT2D eigenvalue weighted by atomic mass is 10.1. The van der Waals surface area contributed by atoms with Gasteiger partial charge < -0.3 is 5.32 Å². The van der Waals surface area contributed by atoms with Crippen LogP contribution in [0, 0.1) is 12.8 Å². The summed E-state index contributed by atoms with van der Waals surface area (Å²) in [4.78, 5) is 31.5. The van der Waals surface area contributed by atoms with E-state index in [2.05, 4.69) is 20.4 Å². The quantitative estimate of drug-likeness (QED) is 0.898. The number of nitrogens with one attached hydrogen (secondary N) is 2. The molecule has 0 bridgehead atoms. The molecule has 0 aromatic carbocycles. The van der Waals surface area contributed by atoms with Crippen molar-refractivity contribution in [1.82, 2.24) is 19.7 Å². The van der Waals surface area contributed by atoms with E-state index in [4.69, 9.17) is 0 Å². The second kappa shape index (κ2) is 5.98. The predicted octanol–water partition coefficient (Wildman–Crippen LogP) is 1.74. The molecule has 122 valence electrons. The smallest absolute Gasteiger partial charge is 0.255 e. The van der Waals surface area contributed by atoms with Crippen molar-refractivity contribution in [2.75, 3.05) is 5.32 Å². The van der Waals surface area contributed by atoms with Crippen LogP contribution in [0.4, 0.5) is 5.82 Å². The van der Waals surface area contributed by atoms with E-state index in [0.717, 1.165) is 36.2 Å². The summed E-state index contributed by atoms with van der Waals surface area (Å²) in [7, 11) is 0. The van der Waals surface area contributed by atoms with E-state index in [1.165, 1.54) is 4.68 Å². The van der Waals surface area contributed by atoms with Crippen molar-refractivity contribution in [2.45, 2.75) is 46.5 Å². The minimum absolute atomic E-state index is 0.0790. The van der Waals surface area contributed by atoms with E-state index < -0.39 is 0 Å². The zero-order chi connectivity index (χ0) is 16.6. The number of carbonyl (C=O) groups excluding carboxylic acids is 1. The molecular weight excluding hydrogens is 294 g/mol. The summed E-state index contributed by atoms with van der Waals surface area (Å²) in [6, 6.07) is 1.77. The number of nitrogens with zero attached hydrogens (tertiary/aromatic N) is 3. The van der Waals surface area contributed by atoms with Gasteiger partial charge in [0.15, 0.2) is 0 Å². The molecule has 0 unspecified atom stereocenters. The molecular formula is C16H21N5O2. The molecule has 0 spiro atoms. The molecule has 1 aliphatic carbocycles. The fourth-order valence-electron chi connectivity index (χ4n) is 2.84. The number of fused-ring (bicyclic) bond motifs is 1. The maximum absolute atomic E-state index is 12.2. The summed E-state index contributed by atoms with van der Waals surface area (Å²) in [6.45, 7) is 5.81. The molecule has 0 saturated heterocycles. The third-order valence-corrected chi connectivity index (χ3v) is 3.82. The first-order valence-corrected chi connectivity index (χ1v) is 7.93. The fraction of sp³-hybridized carbons (Fsp3) is 0.500. The lowest BCUT2D eigenvalue weighted by Crippen LogP contribution is -2.21. The van der Waals surface area contributed by atoms with Gasteiger partial charge in [0, 0.05) is 18.1 Å². The Hall–Kier alpha value is -2.44. The van der Waals surface area contributed by atoms with Crippen molar-refractivity contribution in [3.63, 3.8) is 0 Å². The minimum atomic E-state index is -0.116. The van der Waals surface area contributed by atoms with Crippen LogP contribution in [0.5, 0.6) is 0 Å². The summed E-state index contributed by atoms with van der Waals surface area (Å²) < 4.78 is 1.49. The molecule has 3 rings (SSSR count). The van der Waals surface area contributed by atoms with Crippen LogP contribution < -0.4 is 10.9 Å². The van der Waals surface area contributed by atoms with E-state index in [1.807, 2.05) is 20.8 Å². The zero-order valence-corrected chi connectivity index (χ0v) is 13.6. The van der Waals surface area contributed by atoms with Crippen LogP contribution in [0.1, 0.15) is 43.6 Å². The average Bonchev–Trinajstić information content (AvgIpc) is 3.04. The van der Waals surface area contributed by atoms with Gasteiger partial charge in [0.1, 0.15) is 5.82 Å².